The third-order valence-corrected chi connectivity index (χ3v) is 4.26. The summed E-state index contributed by atoms with van der Waals surface area (Å²) in [6.07, 6.45) is 3.59. The third-order valence-electron chi connectivity index (χ3n) is 3.57. The molecule has 0 fully saturated rings. The summed E-state index contributed by atoms with van der Waals surface area (Å²) in [7, 11) is 0. The monoisotopic (exact) mass is 354 g/mol. The molecule has 0 saturated heterocycles. The number of rotatable bonds is 3. The normalized spacial score (nSPS) is 13.8. The van der Waals surface area contributed by atoms with Crippen LogP contribution in [0.4, 0.5) is 0 Å². The molecule has 0 atom stereocenters. The van der Waals surface area contributed by atoms with Gasteiger partial charge in [-0.25, -0.2) is 0 Å². The molecule has 0 bridgehead atoms. The lowest BCUT2D eigenvalue weighted by Gasteiger charge is -2.05. The first-order valence-corrected chi connectivity index (χ1v) is 7.76. The number of alkyl halides is 1. The Morgan fingerprint density at radius 2 is 2.28 bits per heavy atom. The Morgan fingerprint density at radius 3 is 3.11 bits per heavy atom. The van der Waals surface area contributed by atoms with Gasteiger partial charge < -0.3 is 10.3 Å². The molecule has 1 aromatic carbocycles. The number of halogens is 1. The smallest absolute Gasteiger partial charge is 0.230 e. The number of aromatic nitrogens is 1. The van der Waals surface area contributed by atoms with Gasteiger partial charge in [0.05, 0.1) is 9.94 Å². The summed E-state index contributed by atoms with van der Waals surface area (Å²) in [6.45, 7) is 0.610. The van der Waals surface area contributed by atoms with Crippen LogP contribution in [0.5, 0.6) is 0 Å². The first-order chi connectivity index (χ1) is 8.79. The minimum atomic E-state index is 0.0895. The maximum absolute atomic E-state index is 11.3. The number of fused-ring (bicyclic) bond motifs is 3. The number of carbonyl (C=O) groups is 1. The van der Waals surface area contributed by atoms with Gasteiger partial charge in [0.2, 0.25) is 5.91 Å². The summed E-state index contributed by atoms with van der Waals surface area (Å²) >= 11 is 2.08. The molecule has 3 nitrogen and oxygen atoms in total. The van der Waals surface area contributed by atoms with E-state index in [1.54, 1.807) is 0 Å². The van der Waals surface area contributed by atoms with Crippen LogP contribution < -0.4 is 5.32 Å². The Morgan fingerprint density at radius 1 is 1.39 bits per heavy atom. The van der Waals surface area contributed by atoms with E-state index in [0.717, 1.165) is 6.42 Å². The molecule has 1 aliphatic rings. The van der Waals surface area contributed by atoms with Crippen molar-refractivity contribution in [3.63, 3.8) is 0 Å². The van der Waals surface area contributed by atoms with Crippen LogP contribution in [-0.4, -0.2) is 15.3 Å². The van der Waals surface area contributed by atoms with Gasteiger partial charge >= 0.3 is 0 Å². The zero-order chi connectivity index (χ0) is 12.5. The van der Waals surface area contributed by atoms with Crippen molar-refractivity contribution in [2.75, 3.05) is 4.43 Å². The number of amides is 1. The van der Waals surface area contributed by atoms with Crippen molar-refractivity contribution >= 4 is 39.4 Å². The fourth-order valence-electron chi connectivity index (χ4n) is 2.72. The van der Waals surface area contributed by atoms with E-state index in [9.17, 15) is 4.79 Å². The quantitative estimate of drug-likeness (QED) is 0.646. The molecule has 4 heteroatoms. The van der Waals surface area contributed by atoms with Crippen molar-refractivity contribution in [3.8, 4) is 0 Å². The highest BCUT2D eigenvalue weighted by Gasteiger charge is 2.17. The number of hydrogen-bond acceptors (Lipinski definition) is 1. The summed E-state index contributed by atoms with van der Waals surface area (Å²) in [5.74, 6) is 0.0895. The van der Waals surface area contributed by atoms with Gasteiger partial charge in [-0.2, -0.15) is 0 Å². The number of aryl methyl sites for hydroxylation is 2. The minimum absolute atomic E-state index is 0.0895. The molecule has 2 N–H and O–H groups in total. The number of hydrogen-bond donors (Lipinski definition) is 2. The minimum Gasteiger partial charge on any atom is -0.358 e. The number of H-pyrrole nitrogens is 1. The van der Waals surface area contributed by atoms with E-state index in [1.807, 2.05) is 0 Å². The van der Waals surface area contributed by atoms with Gasteiger partial charge in [0, 0.05) is 17.6 Å². The van der Waals surface area contributed by atoms with E-state index in [2.05, 4.69) is 51.1 Å². The van der Waals surface area contributed by atoms with Gasteiger partial charge in [-0.3, -0.25) is 4.79 Å². The molecular weight excluding hydrogens is 339 g/mol. The topological polar surface area (TPSA) is 44.9 Å². The van der Waals surface area contributed by atoms with E-state index >= 15 is 0 Å². The zero-order valence-corrected chi connectivity index (χ0v) is 12.2. The summed E-state index contributed by atoms with van der Waals surface area (Å²) in [5, 5.41) is 4.28. The molecule has 2 aromatic rings. The van der Waals surface area contributed by atoms with Crippen LogP contribution in [0.2, 0.25) is 0 Å². The first kappa shape index (κ1) is 12.0. The molecule has 1 aromatic heterocycles. The van der Waals surface area contributed by atoms with Gasteiger partial charge in [0.1, 0.15) is 0 Å². The van der Waals surface area contributed by atoms with E-state index in [-0.39, 0.29) is 5.91 Å². The van der Waals surface area contributed by atoms with E-state index in [1.165, 1.54) is 40.6 Å². The predicted molar refractivity (Wildman–Crippen MR) is 81.1 cm³/mol. The average molecular weight is 354 g/mol. The summed E-state index contributed by atoms with van der Waals surface area (Å²) in [6, 6.07) is 6.35. The third kappa shape index (κ3) is 2.02. The number of carbonyl (C=O) groups excluding carboxylic acids is 1. The molecule has 1 aliphatic carbocycles. The highest BCUT2D eigenvalue weighted by Crippen LogP contribution is 2.31. The first-order valence-electron chi connectivity index (χ1n) is 6.23. The van der Waals surface area contributed by atoms with Gasteiger partial charge in [-0.1, -0.05) is 40.8 Å². The Bertz CT molecular complexity index is 603. The van der Waals surface area contributed by atoms with Gasteiger partial charge in [-0.05, 0) is 30.4 Å². The van der Waals surface area contributed by atoms with Crippen LogP contribution >= 0.6 is 22.6 Å². The largest absolute Gasteiger partial charge is 0.358 e. The van der Waals surface area contributed by atoms with Crippen molar-refractivity contribution in [1.82, 2.24) is 10.3 Å². The molecule has 0 aliphatic heterocycles. The van der Waals surface area contributed by atoms with Crippen LogP contribution in [0.15, 0.2) is 18.2 Å². The summed E-state index contributed by atoms with van der Waals surface area (Å²) in [4.78, 5) is 14.9. The van der Waals surface area contributed by atoms with Crippen LogP contribution in [0.1, 0.15) is 23.2 Å². The van der Waals surface area contributed by atoms with Crippen LogP contribution in [0.25, 0.3) is 10.9 Å². The second-order valence-corrected chi connectivity index (χ2v) is 5.45. The molecule has 0 radical (unpaired) electrons. The lowest BCUT2D eigenvalue weighted by molar-refractivity contribution is -0.118. The highest BCUT2D eigenvalue weighted by atomic mass is 127. The van der Waals surface area contributed by atoms with Crippen LogP contribution in [-0.2, 0) is 24.2 Å². The lowest BCUT2D eigenvalue weighted by Crippen LogP contribution is -2.23. The Balaban J connectivity index is 1.95. The van der Waals surface area contributed by atoms with Crippen molar-refractivity contribution in [2.24, 2.45) is 0 Å². The number of benzene rings is 1. The second kappa shape index (κ2) is 4.91. The van der Waals surface area contributed by atoms with E-state index in [4.69, 9.17) is 0 Å². The molecule has 18 heavy (non-hydrogen) atoms. The molecule has 1 amide bonds. The standard InChI is InChI=1S/C14H15IN2O/c15-7-13(18)16-8-9-3-1-5-11-10-4-2-6-12(10)17-14(9)11/h1,3,5,17H,2,4,6-8H2,(H,16,18). The second-order valence-electron chi connectivity index (χ2n) is 4.69. The SMILES string of the molecule is O=C(CI)NCc1cccc2c3c([nH]c12)CCC3. The summed E-state index contributed by atoms with van der Waals surface area (Å²) < 4.78 is 0.509. The van der Waals surface area contributed by atoms with Gasteiger partial charge in [-0.15, -0.1) is 0 Å². The molecular formula is C14H15IN2O. The highest BCUT2D eigenvalue weighted by molar-refractivity contribution is 14.1. The molecule has 0 unspecified atom stereocenters. The molecule has 94 valence electrons. The van der Waals surface area contributed by atoms with Crippen molar-refractivity contribution < 1.29 is 4.79 Å². The van der Waals surface area contributed by atoms with Gasteiger partial charge in [0.15, 0.2) is 0 Å². The maximum Gasteiger partial charge on any atom is 0.230 e. The zero-order valence-electron chi connectivity index (χ0n) is 10.1. The van der Waals surface area contributed by atoms with E-state index in [0.29, 0.717) is 11.0 Å². The summed E-state index contributed by atoms with van der Waals surface area (Å²) in [5.41, 5.74) is 5.25. The fourth-order valence-corrected chi connectivity index (χ4v) is 2.99. The Kier molecular flexibility index (Phi) is 3.28. The number of para-hydroxylation sites is 1. The van der Waals surface area contributed by atoms with Crippen molar-refractivity contribution in [1.29, 1.82) is 0 Å². The van der Waals surface area contributed by atoms with E-state index < -0.39 is 0 Å². The molecule has 0 saturated carbocycles. The average Bonchev–Trinajstić information content (AvgIpc) is 2.96. The van der Waals surface area contributed by atoms with Gasteiger partial charge in [0.25, 0.3) is 0 Å². The molecule has 3 rings (SSSR count). The Labute approximate surface area is 119 Å². The van der Waals surface area contributed by atoms with Crippen LogP contribution in [0.3, 0.4) is 0 Å². The lowest BCUT2D eigenvalue weighted by atomic mass is 10.1. The fraction of sp³-hybridized carbons (Fsp3) is 0.357. The van der Waals surface area contributed by atoms with Crippen molar-refractivity contribution in [2.45, 2.75) is 25.8 Å². The molecule has 0 spiro atoms. The Hall–Kier alpha value is -1.04. The maximum atomic E-state index is 11.3. The predicted octanol–water partition coefficient (Wildman–Crippen LogP) is 2.71. The number of aromatic amines is 1. The molecule has 1 heterocycles. The van der Waals surface area contributed by atoms with Crippen LogP contribution in [0, 0.1) is 0 Å². The number of nitrogens with one attached hydrogen (secondary N) is 2. The van der Waals surface area contributed by atoms with Crippen molar-refractivity contribution in [3.05, 3.63) is 35.0 Å².